The number of anilines is 1. The molecule has 0 saturated carbocycles. The molecule has 1 aromatic carbocycles. The lowest BCUT2D eigenvalue weighted by Gasteiger charge is -2.15. The number of benzene rings is 1. The number of nitrogens with zero attached hydrogens (tertiary/aromatic N) is 1. The summed E-state index contributed by atoms with van der Waals surface area (Å²) >= 11 is 31.8. The van der Waals surface area contributed by atoms with Gasteiger partial charge >= 0.3 is 14.1 Å². The van der Waals surface area contributed by atoms with Gasteiger partial charge < -0.3 is 20.5 Å². The predicted molar refractivity (Wildman–Crippen MR) is 117 cm³/mol. The number of amides is 1. The van der Waals surface area contributed by atoms with E-state index in [1.807, 2.05) is 6.92 Å². The summed E-state index contributed by atoms with van der Waals surface area (Å²) in [6.07, 6.45) is 0.365. The number of alkyl halides is 6. The van der Waals surface area contributed by atoms with E-state index in [1.165, 1.54) is 0 Å². The molecule has 0 fully saturated rings. The van der Waals surface area contributed by atoms with E-state index in [0.717, 1.165) is 9.88 Å². The van der Waals surface area contributed by atoms with Crippen molar-refractivity contribution in [2.24, 2.45) is 0 Å². The van der Waals surface area contributed by atoms with E-state index in [1.54, 1.807) is 41.8 Å². The molecule has 0 aliphatic heterocycles. The number of nitrogen functional groups attached to an aromatic ring is 1. The molecule has 0 aliphatic carbocycles. The first-order chi connectivity index (χ1) is 13.3. The van der Waals surface area contributed by atoms with Gasteiger partial charge in [-0.1, -0.05) is 12.1 Å². The number of hydrogen-bond acceptors (Lipinski definition) is 7. The number of para-hydroxylation sites is 1. The predicted octanol–water partition coefficient (Wildman–Crippen LogP) is 5.76. The fourth-order valence-corrected chi connectivity index (χ4v) is 2.78. The SMILES string of the molecule is Cc1ncc(CNC(=O)c2ccccc2N)s1.O=C(OC(Cl)(Cl)Cl)OC(Cl)(Cl)Cl. The Morgan fingerprint density at radius 2 is 1.66 bits per heavy atom. The Bertz CT molecular complexity index is 820. The Hall–Kier alpha value is -0.870. The van der Waals surface area contributed by atoms with Crippen LogP contribution in [0.2, 0.25) is 0 Å². The molecule has 3 N–H and O–H groups in total. The Morgan fingerprint density at radius 1 is 1.10 bits per heavy atom. The molecule has 14 heteroatoms. The normalized spacial score (nSPS) is 11.1. The maximum absolute atomic E-state index is 11.8. The Labute approximate surface area is 200 Å². The number of rotatable bonds is 3. The Morgan fingerprint density at radius 3 is 2.10 bits per heavy atom. The summed E-state index contributed by atoms with van der Waals surface area (Å²) in [5.41, 5.74) is 6.72. The van der Waals surface area contributed by atoms with E-state index in [9.17, 15) is 9.59 Å². The van der Waals surface area contributed by atoms with Gasteiger partial charge in [0.1, 0.15) is 0 Å². The third-order valence-electron chi connectivity index (χ3n) is 2.70. The number of carbonyl (C=O) groups is 2. The van der Waals surface area contributed by atoms with Crippen molar-refractivity contribution in [3.8, 4) is 0 Å². The molecule has 0 spiro atoms. The van der Waals surface area contributed by atoms with Gasteiger partial charge in [-0.25, -0.2) is 9.78 Å². The molecule has 0 saturated heterocycles. The van der Waals surface area contributed by atoms with Crippen LogP contribution >= 0.6 is 80.9 Å². The topological polar surface area (TPSA) is 104 Å². The summed E-state index contributed by atoms with van der Waals surface area (Å²) in [6.45, 7) is 2.42. The molecule has 2 aromatic rings. The lowest BCUT2D eigenvalue weighted by atomic mass is 10.1. The largest absolute Gasteiger partial charge is 0.515 e. The van der Waals surface area contributed by atoms with Crippen LogP contribution in [0.1, 0.15) is 20.2 Å². The molecule has 0 aliphatic rings. The van der Waals surface area contributed by atoms with E-state index in [2.05, 4.69) is 19.8 Å². The second kappa shape index (κ2) is 11.5. The van der Waals surface area contributed by atoms with Gasteiger partial charge in [-0.2, -0.15) is 0 Å². The van der Waals surface area contributed by atoms with Crippen LogP contribution in [0.3, 0.4) is 0 Å². The summed E-state index contributed by atoms with van der Waals surface area (Å²) in [5, 5.41) is 3.81. The van der Waals surface area contributed by atoms with E-state index in [0.29, 0.717) is 17.8 Å². The summed E-state index contributed by atoms with van der Waals surface area (Å²) in [5.74, 6) is -0.158. The first-order valence-corrected chi connectivity index (χ1v) is 10.4. The van der Waals surface area contributed by atoms with Gasteiger partial charge in [-0.05, 0) is 88.7 Å². The minimum atomic E-state index is -2.24. The molecular weight excluding hydrogens is 531 g/mol. The first kappa shape index (κ1) is 26.2. The van der Waals surface area contributed by atoms with Gasteiger partial charge in [0.2, 0.25) is 0 Å². The summed E-state index contributed by atoms with van der Waals surface area (Å²) in [7, 11) is 0. The van der Waals surface area contributed by atoms with Gasteiger partial charge in [0.15, 0.2) is 0 Å². The van der Waals surface area contributed by atoms with Crippen LogP contribution in [0.4, 0.5) is 10.5 Å². The van der Waals surface area contributed by atoms with Gasteiger partial charge in [0.05, 0.1) is 17.1 Å². The van der Waals surface area contributed by atoms with Gasteiger partial charge in [-0.3, -0.25) is 4.79 Å². The van der Waals surface area contributed by atoms with Crippen molar-refractivity contribution in [3.63, 3.8) is 0 Å². The quantitative estimate of drug-likeness (QED) is 0.290. The van der Waals surface area contributed by atoms with Crippen LogP contribution < -0.4 is 11.1 Å². The summed E-state index contributed by atoms with van der Waals surface area (Å²) < 4.78 is 3.50. The zero-order chi connectivity index (χ0) is 22.2. The standard InChI is InChI=1S/C12H13N3OS.C3Cl6O3/c1-8-14-6-9(17-8)7-15-12(16)10-4-2-3-5-11(10)13;4-2(5,6)11-1(10)12-3(7,8)9/h2-6H,7,13H2,1H3,(H,15,16);. The molecule has 0 atom stereocenters. The molecule has 160 valence electrons. The van der Waals surface area contributed by atoms with Crippen LogP contribution in [-0.4, -0.2) is 25.0 Å². The van der Waals surface area contributed by atoms with Gasteiger partial charge in [0.25, 0.3) is 5.91 Å². The Kier molecular flexibility index (Phi) is 10.4. The first-order valence-electron chi connectivity index (χ1n) is 7.36. The van der Waals surface area contributed by atoms with E-state index in [4.69, 9.17) is 75.3 Å². The van der Waals surface area contributed by atoms with Crippen molar-refractivity contribution in [3.05, 3.63) is 45.9 Å². The van der Waals surface area contributed by atoms with Crippen molar-refractivity contribution in [1.82, 2.24) is 10.3 Å². The number of ether oxygens (including phenoxy) is 2. The highest BCUT2D eigenvalue weighted by Gasteiger charge is 2.32. The summed E-state index contributed by atoms with van der Waals surface area (Å²) in [4.78, 5) is 27.5. The molecule has 1 aromatic heterocycles. The monoisotopic (exact) mass is 541 g/mol. The molecule has 1 amide bonds. The molecule has 29 heavy (non-hydrogen) atoms. The number of aryl methyl sites for hydroxylation is 1. The van der Waals surface area contributed by atoms with Crippen LogP contribution in [0.5, 0.6) is 0 Å². The number of halogens is 6. The average molecular weight is 544 g/mol. The van der Waals surface area contributed by atoms with E-state index in [-0.39, 0.29) is 5.91 Å². The fourth-order valence-electron chi connectivity index (χ4n) is 1.66. The number of thiazole rings is 1. The maximum Gasteiger partial charge on any atom is 0.515 e. The number of hydrogen-bond donors (Lipinski definition) is 2. The van der Waals surface area contributed by atoms with Crippen molar-refractivity contribution >= 4 is 98.7 Å². The highest BCUT2D eigenvalue weighted by Crippen LogP contribution is 2.32. The highest BCUT2D eigenvalue weighted by molar-refractivity contribution is 7.11. The highest BCUT2D eigenvalue weighted by atomic mass is 35.6. The Balaban J connectivity index is 0.000000311. The van der Waals surface area contributed by atoms with Crippen molar-refractivity contribution < 1.29 is 19.1 Å². The molecule has 7 nitrogen and oxygen atoms in total. The van der Waals surface area contributed by atoms with Crippen molar-refractivity contribution in [2.75, 3.05) is 5.73 Å². The molecular formula is C15H13Cl6N3O4S. The molecule has 0 unspecified atom stereocenters. The second-order valence-corrected chi connectivity index (χ2v) is 10.6. The number of nitrogens with two attached hydrogens (primary N) is 1. The molecule has 0 radical (unpaired) electrons. The molecule has 0 bridgehead atoms. The lowest BCUT2D eigenvalue weighted by molar-refractivity contribution is 0.0508. The third kappa shape index (κ3) is 11.8. The van der Waals surface area contributed by atoms with Crippen molar-refractivity contribution in [1.29, 1.82) is 0 Å². The van der Waals surface area contributed by atoms with E-state index >= 15 is 0 Å². The molecule has 2 rings (SSSR count). The number of nitrogens with one attached hydrogen (secondary N) is 1. The zero-order valence-electron chi connectivity index (χ0n) is 14.4. The van der Waals surface area contributed by atoms with Gasteiger partial charge in [0, 0.05) is 16.8 Å². The maximum atomic E-state index is 11.8. The number of carbonyl (C=O) groups excluding carboxylic acids is 2. The smallest absolute Gasteiger partial charge is 0.398 e. The zero-order valence-corrected chi connectivity index (χ0v) is 19.8. The fraction of sp³-hybridized carbons (Fsp3) is 0.267. The van der Waals surface area contributed by atoms with Crippen LogP contribution in [0.25, 0.3) is 0 Å². The van der Waals surface area contributed by atoms with Crippen LogP contribution in [-0.2, 0) is 16.0 Å². The van der Waals surface area contributed by atoms with E-state index < -0.39 is 14.1 Å². The lowest BCUT2D eigenvalue weighted by Crippen LogP contribution is -2.23. The number of aromatic nitrogens is 1. The minimum absolute atomic E-state index is 0.158. The second-order valence-electron chi connectivity index (χ2n) is 4.96. The third-order valence-corrected chi connectivity index (χ3v) is 4.07. The van der Waals surface area contributed by atoms with Gasteiger partial charge in [-0.15, -0.1) is 11.3 Å². The summed E-state index contributed by atoms with van der Waals surface area (Å²) in [6, 6.07) is 7.02. The van der Waals surface area contributed by atoms with Crippen molar-refractivity contribution in [2.45, 2.75) is 21.4 Å². The van der Waals surface area contributed by atoms with Crippen LogP contribution in [0, 0.1) is 6.92 Å². The average Bonchev–Trinajstić information content (AvgIpc) is 2.95. The van der Waals surface area contributed by atoms with Crippen LogP contribution in [0.15, 0.2) is 30.5 Å². The molecule has 1 heterocycles. The minimum Gasteiger partial charge on any atom is -0.398 e.